The number of carboxylic acids is 1. The van der Waals surface area contributed by atoms with E-state index < -0.39 is 12.1 Å². The molecule has 0 radical (unpaired) electrons. The van der Waals surface area contributed by atoms with E-state index >= 15 is 0 Å². The number of amides is 1. The summed E-state index contributed by atoms with van der Waals surface area (Å²) in [6, 6.07) is 19.0. The van der Waals surface area contributed by atoms with Crippen molar-refractivity contribution in [3.63, 3.8) is 0 Å². The van der Waals surface area contributed by atoms with E-state index in [-0.39, 0.29) is 23.8 Å². The third-order valence-corrected chi connectivity index (χ3v) is 5.31. The zero-order valence-corrected chi connectivity index (χ0v) is 16.4. The van der Waals surface area contributed by atoms with Crippen molar-refractivity contribution in [2.45, 2.75) is 12.8 Å². The van der Waals surface area contributed by atoms with Gasteiger partial charge in [-0.25, -0.2) is 9.59 Å². The molecule has 5 nitrogen and oxygen atoms in total. The quantitative estimate of drug-likeness (QED) is 0.581. The molecule has 6 heteroatoms. The van der Waals surface area contributed by atoms with Gasteiger partial charge in [-0.05, 0) is 46.9 Å². The number of halogens is 1. The molecular formula is C23H18ClNO4. The van der Waals surface area contributed by atoms with E-state index in [0.29, 0.717) is 10.6 Å². The molecule has 3 aromatic rings. The van der Waals surface area contributed by atoms with Crippen molar-refractivity contribution in [3.8, 4) is 11.1 Å². The fourth-order valence-electron chi connectivity index (χ4n) is 3.87. The van der Waals surface area contributed by atoms with Gasteiger partial charge in [0.05, 0.1) is 11.3 Å². The van der Waals surface area contributed by atoms with Gasteiger partial charge < -0.3 is 9.84 Å². The minimum atomic E-state index is -1.15. The first kappa shape index (κ1) is 19.0. The number of benzene rings is 3. The lowest BCUT2D eigenvalue weighted by Gasteiger charge is -2.16. The summed E-state index contributed by atoms with van der Waals surface area (Å²) in [5, 5.41) is 12.3. The second-order valence-electron chi connectivity index (χ2n) is 6.90. The molecule has 0 bridgehead atoms. The Balaban J connectivity index is 1.54. The number of rotatable bonds is 4. The summed E-state index contributed by atoms with van der Waals surface area (Å²) in [4.78, 5) is 24.0. The molecule has 2 N–H and O–H groups in total. The van der Waals surface area contributed by atoms with Crippen LogP contribution in [0, 0.1) is 6.92 Å². The summed E-state index contributed by atoms with van der Waals surface area (Å²) in [5.74, 6) is -1.22. The number of ether oxygens (including phenoxy) is 1. The molecule has 29 heavy (non-hydrogen) atoms. The van der Waals surface area contributed by atoms with Gasteiger partial charge in [0.25, 0.3) is 0 Å². The van der Waals surface area contributed by atoms with Crippen LogP contribution < -0.4 is 5.32 Å². The standard InChI is InChI=1S/C23H18ClNO4/c1-13-10-14(24)11-20(21(13)22(26)27)25-23(28)29-12-19-17-8-4-2-6-15(17)16-7-3-5-9-18(16)19/h2-11,19H,12H2,1H3,(H,25,28)(H,26,27). The minimum absolute atomic E-state index is 0.0112. The summed E-state index contributed by atoms with van der Waals surface area (Å²) < 4.78 is 5.47. The molecule has 0 unspecified atom stereocenters. The van der Waals surface area contributed by atoms with E-state index in [0.717, 1.165) is 22.3 Å². The maximum atomic E-state index is 12.4. The fraction of sp³-hybridized carbons (Fsp3) is 0.130. The normalized spacial score (nSPS) is 12.2. The molecule has 146 valence electrons. The van der Waals surface area contributed by atoms with Crippen molar-refractivity contribution in [1.29, 1.82) is 0 Å². The number of hydrogen-bond acceptors (Lipinski definition) is 3. The Kier molecular flexibility index (Phi) is 4.99. The van der Waals surface area contributed by atoms with E-state index in [4.69, 9.17) is 16.3 Å². The largest absolute Gasteiger partial charge is 0.478 e. The highest BCUT2D eigenvalue weighted by Crippen LogP contribution is 2.44. The molecule has 1 aliphatic rings. The second-order valence-corrected chi connectivity index (χ2v) is 7.34. The molecule has 0 spiro atoms. The second kappa shape index (κ2) is 7.60. The summed E-state index contributed by atoms with van der Waals surface area (Å²) >= 11 is 6.02. The number of carbonyl (C=O) groups is 2. The lowest BCUT2D eigenvalue weighted by atomic mass is 9.98. The van der Waals surface area contributed by atoms with Crippen LogP contribution in [0.5, 0.6) is 0 Å². The third kappa shape index (κ3) is 3.57. The topological polar surface area (TPSA) is 75.6 Å². The van der Waals surface area contributed by atoms with Gasteiger partial charge in [-0.2, -0.15) is 0 Å². The van der Waals surface area contributed by atoms with Crippen molar-refractivity contribution in [3.05, 3.63) is 87.9 Å². The van der Waals surface area contributed by atoms with Gasteiger partial charge in [0.15, 0.2) is 0 Å². The Morgan fingerprint density at radius 3 is 2.21 bits per heavy atom. The van der Waals surface area contributed by atoms with Crippen molar-refractivity contribution in [2.75, 3.05) is 11.9 Å². The number of carboxylic acid groups (broad SMARTS) is 1. The van der Waals surface area contributed by atoms with Crippen LogP contribution >= 0.6 is 11.6 Å². The van der Waals surface area contributed by atoms with Crippen LogP contribution in [0.4, 0.5) is 10.5 Å². The zero-order valence-electron chi connectivity index (χ0n) is 15.6. The highest BCUT2D eigenvalue weighted by atomic mass is 35.5. The molecule has 4 rings (SSSR count). The van der Waals surface area contributed by atoms with Gasteiger partial charge in [-0.3, -0.25) is 5.32 Å². The molecule has 0 saturated heterocycles. The maximum Gasteiger partial charge on any atom is 0.411 e. The molecule has 0 heterocycles. The first-order chi connectivity index (χ1) is 14.0. The van der Waals surface area contributed by atoms with E-state index in [2.05, 4.69) is 17.4 Å². The Labute approximate surface area is 172 Å². The molecule has 3 aromatic carbocycles. The van der Waals surface area contributed by atoms with Crippen molar-refractivity contribution in [2.24, 2.45) is 0 Å². The summed E-state index contributed by atoms with van der Waals surface area (Å²) in [6.07, 6.45) is -0.726. The monoisotopic (exact) mass is 407 g/mol. The Morgan fingerprint density at radius 2 is 1.62 bits per heavy atom. The number of hydrogen-bond donors (Lipinski definition) is 2. The number of nitrogens with one attached hydrogen (secondary N) is 1. The lowest BCUT2D eigenvalue weighted by Crippen LogP contribution is -2.19. The van der Waals surface area contributed by atoms with Gasteiger partial charge in [0.1, 0.15) is 6.61 Å². The predicted molar refractivity (Wildman–Crippen MR) is 112 cm³/mol. The van der Waals surface area contributed by atoms with Crippen LogP contribution in [0.2, 0.25) is 5.02 Å². The molecule has 0 saturated carbocycles. The van der Waals surface area contributed by atoms with Crippen LogP contribution in [0.25, 0.3) is 11.1 Å². The van der Waals surface area contributed by atoms with Gasteiger partial charge in [-0.15, -0.1) is 0 Å². The van der Waals surface area contributed by atoms with E-state index in [1.165, 1.54) is 12.1 Å². The average molecular weight is 408 g/mol. The van der Waals surface area contributed by atoms with Crippen molar-refractivity contribution in [1.82, 2.24) is 0 Å². The number of aryl methyl sites for hydroxylation is 1. The molecule has 1 aliphatic carbocycles. The molecule has 0 atom stereocenters. The highest BCUT2D eigenvalue weighted by Gasteiger charge is 2.29. The molecule has 0 aromatic heterocycles. The Bertz CT molecular complexity index is 1080. The van der Waals surface area contributed by atoms with Crippen molar-refractivity contribution < 1.29 is 19.4 Å². The van der Waals surface area contributed by atoms with Crippen LogP contribution in [0.15, 0.2) is 60.7 Å². The number of fused-ring (bicyclic) bond motifs is 3. The van der Waals surface area contributed by atoms with Crippen LogP contribution in [0.3, 0.4) is 0 Å². The average Bonchev–Trinajstić information content (AvgIpc) is 2.99. The highest BCUT2D eigenvalue weighted by molar-refractivity contribution is 6.31. The van der Waals surface area contributed by atoms with Gasteiger partial charge >= 0.3 is 12.1 Å². The lowest BCUT2D eigenvalue weighted by molar-refractivity contribution is 0.0697. The number of anilines is 1. The summed E-state index contributed by atoms with van der Waals surface area (Å²) in [7, 11) is 0. The maximum absolute atomic E-state index is 12.4. The molecule has 1 amide bonds. The van der Waals surface area contributed by atoms with E-state index in [1.54, 1.807) is 6.92 Å². The minimum Gasteiger partial charge on any atom is -0.478 e. The van der Waals surface area contributed by atoms with Gasteiger partial charge in [0, 0.05) is 10.9 Å². The SMILES string of the molecule is Cc1cc(Cl)cc(NC(=O)OCC2c3ccccc3-c3ccccc32)c1C(=O)O. The Hall–Kier alpha value is -3.31. The fourth-order valence-corrected chi connectivity index (χ4v) is 4.14. The van der Waals surface area contributed by atoms with Crippen LogP contribution in [-0.2, 0) is 4.74 Å². The molecular weight excluding hydrogens is 390 g/mol. The van der Waals surface area contributed by atoms with Gasteiger partial charge in [-0.1, -0.05) is 60.1 Å². The number of carbonyl (C=O) groups excluding carboxylic acids is 1. The van der Waals surface area contributed by atoms with E-state index in [9.17, 15) is 14.7 Å². The van der Waals surface area contributed by atoms with Gasteiger partial charge in [0.2, 0.25) is 0 Å². The third-order valence-electron chi connectivity index (χ3n) is 5.09. The van der Waals surface area contributed by atoms with Crippen molar-refractivity contribution >= 4 is 29.4 Å². The smallest absolute Gasteiger partial charge is 0.411 e. The molecule has 0 fully saturated rings. The summed E-state index contributed by atoms with van der Waals surface area (Å²) in [6.45, 7) is 1.76. The predicted octanol–water partition coefficient (Wildman–Crippen LogP) is 5.71. The first-order valence-corrected chi connectivity index (χ1v) is 9.49. The number of aromatic carboxylic acids is 1. The molecule has 0 aliphatic heterocycles. The summed E-state index contributed by atoms with van der Waals surface area (Å²) in [5.41, 5.74) is 5.03. The van der Waals surface area contributed by atoms with Crippen LogP contribution in [-0.4, -0.2) is 23.8 Å². The Morgan fingerprint density at radius 1 is 1.03 bits per heavy atom. The first-order valence-electron chi connectivity index (χ1n) is 9.11. The van der Waals surface area contributed by atoms with E-state index in [1.807, 2.05) is 36.4 Å². The zero-order chi connectivity index (χ0) is 20.5. The van der Waals surface area contributed by atoms with Crippen LogP contribution in [0.1, 0.15) is 33.0 Å².